The van der Waals surface area contributed by atoms with Crippen LogP contribution in [-0.2, 0) is 0 Å². The molecule has 4 aromatic rings. The van der Waals surface area contributed by atoms with Crippen LogP contribution in [0.1, 0.15) is 11.1 Å². The molecule has 0 saturated carbocycles. The highest BCUT2D eigenvalue weighted by Crippen LogP contribution is 2.28. The van der Waals surface area contributed by atoms with Crippen LogP contribution in [0.2, 0.25) is 0 Å². The molecule has 2 aromatic carbocycles. The summed E-state index contributed by atoms with van der Waals surface area (Å²) in [6.45, 7) is 4.28. The van der Waals surface area contributed by atoms with Crippen molar-refractivity contribution in [1.82, 2.24) is 9.38 Å². The Hall–Kier alpha value is -2.61. The maximum Gasteiger partial charge on any atom is 0.145 e. The summed E-state index contributed by atoms with van der Waals surface area (Å²) in [4.78, 5) is 4.86. The van der Waals surface area contributed by atoms with Gasteiger partial charge in [0.1, 0.15) is 5.65 Å². The largest absolute Gasteiger partial charge is 0.299 e. The van der Waals surface area contributed by atoms with Gasteiger partial charge in [-0.1, -0.05) is 30.3 Å². The Balaban J connectivity index is 2.11. The fourth-order valence-corrected chi connectivity index (χ4v) is 2.83. The van der Waals surface area contributed by atoms with Gasteiger partial charge in [0.2, 0.25) is 0 Å². The van der Waals surface area contributed by atoms with Gasteiger partial charge in [0, 0.05) is 11.8 Å². The predicted octanol–water partition coefficient (Wildman–Crippen LogP) is 4.77. The number of hydrogen-bond acceptors (Lipinski definition) is 1. The molecule has 102 valence electrons. The van der Waals surface area contributed by atoms with E-state index >= 15 is 0 Å². The maximum absolute atomic E-state index is 4.86. The summed E-state index contributed by atoms with van der Waals surface area (Å²) in [6.07, 6.45) is 2.09. The molecule has 21 heavy (non-hydrogen) atoms. The van der Waals surface area contributed by atoms with Crippen molar-refractivity contribution < 1.29 is 0 Å². The first kappa shape index (κ1) is 12.2. The lowest BCUT2D eigenvalue weighted by atomic mass is 10.1. The Morgan fingerprint density at radius 2 is 1.62 bits per heavy atom. The lowest BCUT2D eigenvalue weighted by Crippen LogP contribution is -1.88. The van der Waals surface area contributed by atoms with E-state index in [1.165, 1.54) is 27.8 Å². The highest BCUT2D eigenvalue weighted by atomic mass is 15.0. The molecule has 2 heteroatoms. The average molecular weight is 272 g/mol. The topological polar surface area (TPSA) is 17.3 Å². The van der Waals surface area contributed by atoms with Gasteiger partial charge in [-0.15, -0.1) is 0 Å². The van der Waals surface area contributed by atoms with E-state index in [0.29, 0.717) is 0 Å². The van der Waals surface area contributed by atoms with Crippen molar-refractivity contribution >= 4 is 16.7 Å². The summed E-state index contributed by atoms with van der Waals surface area (Å²) in [5, 5.41) is 0. The molecule has 0 saturated heterocycles. The number of fused-ring (bicyclic) bond motifs is 3. The zero-order chi connectivity index (χ0) is 14.4. The van der Waals surface area contributed by atoms with Crippen molar-refractivity contribution in [3.63, 3.8) is 0 Å². The van der Waals surface area contributed by atoms with Gasteiger partial charge >= 0.3 is 0 Å². The summed E-state index contributed by atoms with van der Waals surface area (Å²) in [5.74, 6) is 0. The Morgan fingerprint density at radius 1 is 0.857 bits per heavy atom. The molecule has 0 bridgehead atoms. The third-order valence-corrected chi connectivity index (χ3v) is 4.13. The minimum atomic E-state index is 1.02. The monoisotopic (exact) mass is 272 g/mol. The SMILES string of the molecule is Cc1cc2nc3c(-c4ccccc4)cccn3c2cc1C. The summed E-state index contributed by atoms with van der Waals surface area (Å²) in [6, 6.07) is 19.0. The smallest absolute Gasteiger partial charge is 0.145 e. The second-order valence-corrected chi connectivity index (χ2v) is 5.52. The van der Waals surface area contributed by atoms with E-state index in [0.717, 1.165) is 11.2 Å². The minimum absolute atomic E-state index is 1.02. The zero-order valence-electron chi connectivity index (χ0n) is 12.2. The number of hydrogen-bond donors (Lipinski definition) is 0. The lowest BCUT2D eigenvalue weighted by Gasteiger charge is -2.04. The first-order valence-electron chi connectivity index (χ1n) is 7.17. The van der Waals surface area contributed by atoms with Crippen molar-refractivity contribution in [3.8, 4) is 11.1 Å². The first-order valence-corrected chi connectivity index (χ1v) is 7.17. The molecule has 0 radical (unpaired) electrons. The molecule has 2 nitrogen and oxygen atoms in total. The van der Waals surface area contributed by atoms with Crippen LogP contribution in [0, 0.1) is 13.8 Å². The number of nitrogens with zero attached hydrogens (tertiary/aromatic N) is 2. The molecular weight excluding hydrogens is 256 g/mol. The van der Waals surface area contributed by atoms with Crippen LogP contribution in [0.15, 0.2) is 60.8 Å². The summed E-state index contributed by atoms with van der Waals surface area (Å²) >= 11 is 0. The molecule has 0 fully saturated rings. The normalized spacial score (nSPS) is 11.3. The van der Waals surface area contributed by atoms with E-state index in [1.54, 1.807) is 0 Å². The average Bonchev–Trinajstić information content (AvgIpc) is 2.86. The van der Waals surface area contributed by atoms with Crippen LogP contribution in [-0.4, -0.2) is 9.38 Å². The Morgan fingerprint density at radius 3 is 2.43 bits per heavy atom. The number of aryl methyl sites for hydroxylation is 2. The number of benzene rings is 2. The standard InChI is InChI=1S/C19H16N2/c1-13-11-17-18(12-14(13)2)21-10-6-9-16(19(21)20-17)15-7-4-3-5-8-15/h3-12H,1-2H3. The molecule has 0 spiro atoms. The van der Waals surface area contributed by atoms with Crippen LogP contribution < -0.4 is 0 Å². The molecule has 0 atom stereocenters. The van der Waals surface area contributed by atoms with Crippen LogP contribution in [0.3, 0.4) is 0 Å². The van der Waals surface area contributed by atoms with Gasteiger partial charge in [0.25, 0.3) is 0 Å². The van der Waals surface area contributed by atoms with Crippen molar-refractivity contribution in [3.05, 3.63) is 71.9 Å². The van der Waals surface area contributed by atoms with Crippen LogP contribution in [0.25, 0.3) is 27.8 Å². The van der Waals surface area contributed by atoms with Gasteiger partial charge in [-0.25, -0.2) is 4.98 Å². The quantitative estimate of drug-likeness (QED) is 0.488. The van der Waals surface area contributed by atoms with E-state index in [1.807, 2.05) is 6.07 Å². The van der Waals surface area contributed by atoms with Crippen molar-refractivity contribution in [2.45, 2.75) is 13.8 Å². The predicted molar refractivity (Wildman–Crippen MR) is 87.6 cm³/mol. The summed E-state index contributed by atoms with van der Waals surface area (Å²) in [7, 11) is 0. The Bertz CT molecular complexity index is 950. The molecular formula is C19H16N2. The number of rotatable bonds is 1. The van der Waals surface area contributed by atoms with E-state index in [9.17, 15) is 0 Å². The van der Waals surface area contributed by atoms with Gasteiger partial charge in [0.15, 0.2) is 0 Å². The van der Waals surface area contributed by atoms with Crippen molar-refractivity contribution in [1.29, 1.82) is 0 Å². The molecule has 0 amide bonds. The molecule has 0 unspecified atom stereocenters. The Labute approximate surface area is 123 Å². The van der Waals surface area contributed by atoms with E-state index < -0.39 is 0 Å². The summed E-state index contributed by atoms with van der Waals surface area (Å²) < 4.78 is 2.18. The molecule has 0 aliphatic rings. The second-order valence-electron chi connectivity index (χ2n) is 5.52. The number of aromatic nitrogens is 2. The Kier molecular flexibility index (Phi) is 2.58. The molecule has 4 rings (SSSR count). The van der Waals surface area contributed by atoms with Gasteiger partial charge in [-0.3, -0.25) is 4.40 Å². The van der Waals surface area contributed by atoms with E-state index in [4.69, 9.17) is 4.98 Å². The molecule has 0 N–H and O–H groups in total. The van der Waals surface area contributed by atoms with Crippen LogP contribution in [0.5, 0.6) is 0 Å². The number of imidazole rings is 1. The summed E-state index contributed by atoms with van der Waals surface area (Å²) in [5.41, 5.74) is 8.20. The van der Waals surface area contributed by atoms with Crippen LogP contribution >= 0.6 is 0 Å². The third-order valence-electron chi connectivity index (χ3n) is 4.13. The van der Waals surface area contributed by atoms with Crippen molar-refractivity contribution in [2.75, 3.05) is 0 Å². The number of pyridine rings is 1. The molecule has 2 aromatic heterocycles. The fourth-order valence-electron chi connectivity index (χ4n) is 2.83. The van der Waals surface area contributed by atoms with Gasteiger partial charge in [-0.05, 0) is 54.8 Å². The molecule has 0 aliphatic carbocycles. The lowest BCUT2D eigenvalue weighted by molar-refractivity contribution is 1.22. The maximum atomic E-state index is 4.86. The zero-order valence-corrected chi connectivity index (χ0v) is 12.2. The highest BCUT2D eigenvalue weighted by Gasteiger charge is 2.10. The van der Waals surface area contributed by atoms with Crippen LogP contribution in [0.4, 0.5) is 0 Å². The minimum Gasteiger partial charge on any atom is -0.299 e. The molecule has 2 heterocycles. The van der Waals surface area contributed by atoms with Gasteiger partial charge in [-0.2, -0.15) is 0 Å². The van der Waals surface area contributed by atoms with Crippen molar-refractivity contribution in [2.24, 2.45) is 0 Å². The molecule has 0 aliphatic heterocycles. The van der Waals surface area contributed by atoms with E-state index in [2.05, 4.69) is 73.0 Å². The fraction of sp³-hybridized carbons (Fsp3) is 0.105. The highest BCUT2D eigenvalue weighted by molar-refractivity contribution is 5.88. The third kappa shape index (κ3) is 1.83. The van der Waals surface area contributed by atoms with E-state index in [-0.39, 0.29) is 0 Å². The first-order chi connectivity index (χ1) is 10.2. The second kappa shape index (κ2) is 4.45. The van der Waals surface area contributed by atoms with Gasteiger partial charge < -0.3 is 0 Å². The van der Waals surface area contributed by atoms with Gasteiger partial charge in [0.05, 0.1) is 11.0 Å².